The van der Waals surface area contributed by atoms with E-state index in [4.69, 9.17) is 4.74 Å². The van der Waals surface area contributed by atoms with Gasteiger partial charge in [0.05, 0.1) is 12.6 Å². The molecule has 1 atom stereocenters. The van der Waals surface area contributed by atoms with Crippen LogP contribution in [0.1, 0.15) is 26.3 Å². The third-order valence-electron chi connectivity index (χ3n) is 3.21. The first kappa shape index (κ1) is 15.4. The zero-order chi connectivity index (χ0) is 14.3. The van der Waals surface area contributed by atoms with E-state index in [9.17, 15) is 4.79 Å². The summed E-state index contributed by atoms with van der Waals surface area (Å²) < 4.78 is 5.18. The quantitative estimate of drug-likeness (QED) is 0.645. The first-order valence-electron chi connectivity index (χ1n) is 6.62. The molecular formula is C16H24NO2+. The van der Waals surface area contributed by atoms with Crippen LogP contribution in [-0.2, 0) is 9.53 Å². The summed E-state index contributed by atoms with van der Waals surface area (Å²) in [5.74, 6) is -0.287. The van der Waals surface area contributed by atoms with E-state index in [0.29, 0.717) is 6.61 Å². The number of nitrogens with one attached hydrogen (secondary N) is 1. The molecule has 0 aliphatic rings. The predicted octanol–water partition coefficient (Wildman–Crippen LogP) is 1.56. The second-order valence-corrected chi connectivity index (χ2v) is 5.69. The van der Waals surface area contributed by atoms with Crippen molar-refractivity contribution in [2.75, 3.05) is 20.2 Å². The molecule has 1 aromatic rings. The molecule has 1 rings (SSSR count). The monoisotopic (exact) mass is 262 g/mol. The zero-order valence-electron chi connectivity index (χ0n) is 12.3. The molecule has 0 amide bonds. The normalized spacial score (nSPS) is 13.5. The van der Waals surface area contributed by atoms with Crippen molar-refractivity contribution in [1.82, 2.24) is 0 Å². The Bertz CT molecular complexity index is 418. The number of carbonyl (C=O) groups excluding carboxylic acids is 1. The van der Waals surface area contributed by atoms with Gasteiger partial charge in [-0.05, 0) is 32.4 Å². The van der Waals surface area contributed by atoms with E-state index in [1.165, 1.54) is 11.0 Å². The minimum Gasteiger partial charge on any atom is -0.457 e. The molecule has 3 nitrogen and oxygen atoms in total. The molecule has 1 aromatic carbocycles. The Morgan fingerprint density at radius 2 is 1.89 bits per heavy atom. The molecule has 0 saturated heterocycles. The molecule has 1 unspecified atom stereocenters. The highest BCUT2D eigenvalue weighted by molar-refractivity contribution is 5.86. The van der Waals surface area contributed by atoms with Crippen molar-refractivity contribution in [3.63, 3.8) is 0 Å². The molecule has 104 valence electrons. The Labute approximate surface area is 115 Å². The Balaban J connectivity index is 2.31. The van der Waals surface area contributed by atoms with Gasteiger partial charge in [-0.15, -0.1) is 0 Å². The van der Waals surface area contributed by atoms with Crippen LogP contribution in [0.25, 0.3) is 6.08 Å². The maximum atomic E-state index is 11.5. The first-order chi connectivity index (χ1) is 8.89. The van der Waals surface area contributed by atoms with Gasteiger partial charge in [-0.25, -0.2) is 4.79 Å². The van der Waals surface area contributed by atoms with Gasteiger partial charge in [0.15, 0.2) is 0 Å². The molecule has 0 bridgehead atoms. The fraction of sp³-hybridized carbons (Fsp3) is 0.438. The van der Waals surface area contributed by atoms with E-state index in [2.05, 4.69) is 27.8 Å². The van der Waals surface area contributed by atoms with Crippen LogP contribution in [0.5, 0.6) is 0 Å². The van der Waals surface area contributed by atoms with Crippen LogP contribution in [-0.4, -0.2) is 31.7 Å². The summed E-state index contributed by atoms with van der Waals surface area (Å²) in [6.45, 7) is 7.76. The smallest absolute Gasteiger partial charge is 0.330 e. The van der Waals surface area contributed by atoms with Gasteiger partial charge in [0, 0.05) is 6.08 Å². The lowest BCUT2D eigenvalue weighted by Crippen LogP contribution is -3.16. The Morgan fingerprint density at radius 1 is 1.26 bits per heavy atom. The highest BCUT2D eigenvalue weighted by Gasteiger charge is 2.20. The van der Waals surface area contributed by atoms with E-state index < -0.39 is 0 Å². The van der Waals surface area contributed by atoms with E-state index >= 15 is 0 Å². The molecule has 0 aromatic heterocycles. The molecular weight excluding hydrogens is 238 g/mol. The SMILES string of the molecule is C[NH+](CCOC(=O)C=Cc1ccccc1)C(C)(C)C. The molecule has 3 heteroatoms. The van der Waals surface area contributed by atoms with Crippen molar-refractivity contribution < 1.29 is 14.4 Å². The number of rotatable bonds is 5. The molecule has 0 aliphatic carbocycles. The zero-order valence-corrected chi connectivity index (χ0v) is 12.3. The van der Waals surface area contributed by atoms with Crippen LogP contribution < -0.4 is 4.90 Å². The van der Waals surface area contributed by atoms with Gasteiger partial charge in [-0.1, -0.05) is 30.3 Å². The average Bonchev–Trinajstić information content (AvgIpc) is 2.36. The number of quaternary nitrogens is 1. The van der Waals surface area contributed by atoms with Gasteiger partial charge in [0.1, 0.15) is 13.2 Å². The van der Waals surface area contributed by atoms with Crippen molar-refractivity contribution in [3.8, 4) is 0 Å². The number of hydrogen-bond donors (Lipinski definition) is 1. The van der Waals surface area contributed by atoms with Crippen LogP contribution in [0.15, 0.2) is 36.4 Å². The summed E-state index contributed by atoms with van der Waals surface area (Å²) in [5, 5.41) is 0. The van der Waals surface area contributed by atoms with Gasteiger partial charge >= 0.3 is 5.97 Å². The lowest BCUT2D eigenvalue weighted by Gasteiger charge is -2.28. The largest absolute Gasteiger partial charge is 0.457 e. The lowest BCUT2D eigenvalue weighted by atomic mass is 10.1. The van der Waals surface area contributed by atoms with Crippen molar-refractivity contribution in [2.24, 2.45) is 0 Å². The van der Waals surface area contributed by atoms with Crippen LogP contribution in [0.3, 0.4) is 0 Å². The second-order valence-electron chi connectivity index (χ2n) is 5.69. The fourth-order valence-corrected chi connectivity index (χ4v) is 1.46. The molecule has 0 aliphatic heterocycles. The van der Waals surface area contributed by atoms with Gasteiger partial charge in [0.25, 0.3) is 0 Å². The van der Waals surface area contributed by atoms with Gasteiger partial charge in [0.2, 0.25) is 0 Å². The summed E-state index contributed by atoms with van der Waals surface area (Å²) in [6.07, 6.45) is 3.24. The Hall–Kier alpha value is -1.61. The van der Waals surface area contributed by atoms with Crippen molar-refractivity contribution in [3.05, 3.63) is 42.0 Å². The maximum absolute atomic E-state index is 11.5. The standard InChI is InChI=1S/C16H23NO2/c1-16(2,3)17(4)12-13-19-15(18)11-10-14-8-6-5-7-9-14/h5-11H,12-13H2,1-4H3/p+1. The molecule has 0 heterocycles. The van der Waals surface area contributed by atoms with Gasteiger partial charge in [-0.2, -0.15) is 0 Å². The molecule has 0 spiro atoms. The van der Waals surface area contributed by atoms with Gasteiger partial charge in [-0.3, -0.25) is 0 Å². The first-order valence-corrected chi connectivity index (χ1v) is 6.62. The van der Waals surface area contributed by atoms with Gasteiger partial charge < -0.3 is 9.64 Å². The third kappa shape index (κ3) is 6.20. The average molecular weight is 262 g/mol. The number of benzene rings is 1. The molecule has 0 fully saturated rings. The summed E-state index contributed by atoms with van der Waals surface area (Å²) in [6, 6.07) is 9.71. The van der Waals surface area contributed by atoms with Crippen molar-refractivity contribution in [1.29, 1.82) is 0 Å². The molecule has 1 N–H and O–H groups in total. The Morgan fingerprint density at radius 3 is 2.47 bits per heavy atom. The minimum atomic E-state index is -0.287. The third-order valence-corrected chi connectivity index (χ3v) is 3.21. The van der Waals surface area contributed by atoms with Crippen molar-refractivity contribution >= 4 is 12.0 Å². The highest BCUT2D eigenvalue weighted by Crippen LogP contribution is 2.00. The summed E-state index contributed by atoms with van der Waals surface area (Å²) in [7, 11) is 2.10. The maximum Gasteiger partial charge on any atom is 0.330 e. The summed E-state index contributed by atoms with van der Waals surface area (Å²) >= 11 is 0. The second kappa shape index (κ2) is 7.10. The molecule has 19 heavy (non-hydrogen) atoms. The van der Waals surface area contributed by atoms with Crippen molar-refractivity contribution in [2.45, 2.75) is 26.3 Å². The topological polar surface area (TPSA) is 30.7 Å². The highest BCUT2D eigenvalue weighted by atomic mass is 16.5. The van der Waals surface area contributed by atoms with Crippen LogP contribution in [0.4, 0.5) is 0 Å². The van der Waals surface area contributed by atoms with Crippen LogP contribution in [0.2, 0.25) is 0 Å². The summed E-state index contributed by atoms with van der Waals surface area (Å²) in [4.78, 5) is 12.9. The number of likely N-dealkylation sites (N-methyl/N-ethyl adjacent to an activating group) is 1. The molecule has 0 saturated carbocycles. The van der Waals surface area contributed by atoms with Crippen LogP contribution in [0, 0.1) is 0 Å². The number of ether oxygens (including phenoxy) is 1. The fourth-order valence-electron chi connectivity index (χ4n) is 1.46. The number of esters is 1. The lowest BCUT2D eigenvalue weighted by molar-refractivity contribution is -0.927. The summed E-state index contributed by atoms with van der Waals surface area (Å²) in [5.41, 5.74) is 1.17. The number of carbonyl (C=O) groups is 1. The van der Waals surface area contributed by atoms with E-state index in [0.717, 1.165) is 12.1 Å². The van der Waals surface area contributed by atoms with E-state index in [1.807, 2.05) is 30.3 Å². The Kier molecular flexibility index (Phi) is 5.77. The van der Waals surface area contributed by atoms with E-state index in [1.54, 1.807) is 6.08 Å². The minimum absolute atomic E-state index is 0.173. The predicted molar refractivity (Wildman–Crippen MR) is 77.9 cm³/mol. The molecule has 0 radical (unpaired) electrons. The van der Waals surface area contributed by atoms with Crippen LogP contribution >= 0.6 is 0 Å². The van der Waals surface area contributed by atoms with E-state index in [-0.39, 0.29) is 11.5 Å². The number of hydrogen-bond acceptors (Lipinski definition) is 2.